The molecule has 0 fully saturated rings. The predicted octanol–water partition coefficient (Wildman–Crippen LogP) is 4.45. The minimum Gasteiger partial charge on any atom is -0.255 e. The Labute approximate surface area is 137 Å². The Morgan fingerprint density at radius 1 is 1.00 bits per heavy atom. The standard InChI is InChI=1S/C18H12FN3S/c19-15-7-4-13(5-8-15)12-23-18-14(11-20)6-9-17(22-18)16-3-1-2-10-21-16/h1-10H,12H2. The van der Waals surface area contributed by atoms with E-state index < -0.39 is 0 Å². The van der Waals surface area contributed by atoms with Crippen LogP contribution in [0.25, 0.3) is 11.4 Å². The van der Waals surface area contributed by atoms with Crippen LogP contribution in [0.1, 0.15) is 11.1 Å². The molecule has 3 aromatic rings. The van der Waals surface area contributed by atoms with Gasteiger partial charge in [0.25, 0.3) is 0 Å². The van der Waals surface area contributed by atoms with Gasteiger partial charge in [-0.15, -0.1) is 11.8 Å². The van der Waals surface area contributed by atoms with E-state index in [9.17, 15) is 9.65 Å². The molecule has 0 saturated heterocycles. The first kappa shape index (κ1) is 15.2. The fraction of sp³-hybridized carbons (Fsp3) is 0.0556. The van der Waals surface area contributed by atoms with Crippen LogP contribution in [0, 0.1) is 17.1 Å². The average molecular weight is 321 g/mol. The van der Waals surface area contributed by atoms with Crippen LogP contribution in [0.5, 0.6) is 0 Å². The molecule has 0 N–H and O–H groups in total. The first-order chi connectivity index (χ1) is 11.3. The Balaban J connectivity index is 1.85. The third kappa shape index (κ3) is 3.74. The molecule has 0 aliphatic rings. The third-order valence-corrected chi connectivity index (χ3v) is 4.26. The number of hydrogen-bond donors (Lipinski definition) is 0. The summed E-state index contributed by atoms with van der Waals surface area (Å²) in [7, 11) is 0. The second-order valence-electron chi connectivity index (χ2n) is 4.79. The van der Waals surface area contributed by atoms with Crippen LogP contribution in [-0.4, -0.2) is 9.97 Å². The van der Waals surface area contributed by atoms with Gasteiger partial charge in [0.2, 0.25) is 0 Å². The largest absolute Gasteiger partial charge is 0.255 e. The lowest BCUT2D eigenvalue weighted by atomic mass is 10.2. The summed E-state index contributed by atoms with van der Waals surface area (Å²) in [6.45, 7) is 0. The normalized spacial score (nSPS) is 10.3. The highest BCUT2D eigenvalue weighted by Crippen LogP contribution is 2.27. The second-order valence-corrected chi connectivity index (χ2v) is 5.76. The Kier molecular flexibility index (Phi) is 4.65. The van der Waals surface area contributed by atoms with Crippen LogP contribution in [0.2, 0.25) is 0 Å². The number of pyridine rings is 2. The van der Waals surface area contributed by atoms with E-state index >= 15 is 0 Å². The molecule has 0 radical (unpaired) electrons. The number of nitriles is 1. The quantitative estimate of drug-likeness (QED) is 0.666. The van der Waals surface area contributed by atoms with Gasteiger partial charge in [-0.05, 0) is 42.0 Å². The Bertz CT molecular complexity index is 842. The molecule has 2 aromatic heterocycles. The fourth-order valence-electron chi connectivity index (χ4n) is 2.02. The highest BCUT2D eigenvalue weighted by Gasteiger charge is 2.09. The molecule has 3 rings (SSSR count). The van der Waals surface area contributed by atoms with Crippen LogP contribution in [0.3, 0.4) is 0 Å². The number of rotatable bonds is 4. The van der Waals surface area contributed by atoms with Crippen molar-refractivity contribution in [3.8, 4) is 17.5 Å². The highest BCUT2D eigenvalue weighted by atomic mass is 32.2. The highest BCUT2D eigenvalue weighted by molar-refractivity contribution is 7.98. The zero-order valence-corrected chi connectivity index (χ0v) is 12.9. The van der Waals surface area contributed by atoms with Gasteiger partial charge in [0.05, 0.1) is 17.0 Å². The van der Waals surface area contributed by atoms with E-state index in [-0.39, 0.29) is 5.82 Å². The lowest BCUT2D eigenvalue weighted by molar-refractivity contribution is 0.627. The van der Waals surface area contributed by atoms with E-state index in [1.807, 2.05) is 18.2 Å². The molecule has 0 amide bonds. The van der Waals surface area contributed by atoms with Crippen molar-refractivity contribution in [2.75, 3.05) is 0 Å². The van der Waals surface area contributed by atoms with E-state index in [1.54, 1.807) is 30.5 Å². The van der Waals surface area contributed by atoms with Crippen LogP contribution < -0.4 is 0 Å². The minimum atomic E-state index is -0.258. The van der Waals surface area contributed by atoms with Crippen molar-refractivity contribution >= 4 is 11.8 Å². The van der Waals surface area contributed by atoms with Crippen molar-refractivity contribution in [1.82, 2.24) is 9.97 Å². The number of nitrogens with zero attached hydrogens (tertiary/aromatic N) is 3. The van der Waals surface area contributed by atoms with Gasteiger partial charge in [0.1, 0.15) is 16.9 Å². The van der Waals surface area contributed by atoms with E-state index in [1.165, 1.54) is 23.9 Å². The van der Waals surface area contributed by atoms with Crippen molar-refractivity contribution in [2.24, 2.45) is 0 Å². The number of thioether (sulfide) groups is 1. The second kappa shape index (κ2) is 7.03. The Morgan fingerprint density at radius 3 is 2.52 bits per heavy atom. The van der Waals surface area contributed by atoms with Crippen LogP contribution in [0.15, 0.2) is 65.8 Å². The summed E-state index contributed by atoms with van der Waals surface area (Å²) < 4.78 is 12.9. The van der Waals surface area contributed by atoms with Gasteiger partial charge in [-0.3, -0.25) is 4.98 Å². The molecule has 5 heteroatoms. The topological polar surface area (TPSA) is 49.6 Å². The van der Waals surface area contributed by atoms with Crippen molar-refractivity contribution in [3.63, 3.8) is 0 Å². The summed E-state index contributed by atoms with van der Waals surface area (Å²) in [5.41, 5.74) is 2.99. The number of halogens is 1. The molecule has 0 unspecified atom stereocenters. The average Bonchev–Trinajstić information content (AvgIpc) is 2.62. The maximum Gasteiger partial charge on any atom is 0.123 e. The number of aromatic nitrogens is 2. The lowest BCUT2D eigenvalue weighted by Gasteiger charge is -2.06. The SMILES string of the molecule is N#Cc1ccc(-c2ccccn2)nc1SCc1ccc(F)cc1. The van der Waals surface area contributed by atoms with E-state index in [0.29, 0.717) is 16.3 Å². The molecule has 1 aromatic carbocycles. The molecule has 0 aliphatic carbocycles. The first-order valence-corrected chi connectivity index (χ1v) is 7.94. The first-order valence-electron chi connectivity index (χ1n) is 6.96. The molecular formula is C18H12FN3S. The molecule has 0 bridgehead atoms. The summed E-state index contributed by atoms with van der Waals surface area (Å²) in [5, 5.41) is 9.90. The van der Waals surface area contributed by atoms with Crippen molar-refractivity contribution in [2.45, 2.75) is 10.8 Å². The molecule has 112 valence electrons. The van der Waals surface area contributed by atoms with E-state index in [0.717, 1.165) is 17.0 Å². The number of benzene rings is 1. The summed E-state index contributed by atoms with van der Waals surface area (Å²) in [6.07, 6.45) is 1.71. The van der Waals surface area contributed by atoms with Gasteiger partial charge in [0.15, 0.2) is 0 Å². The molecule has 23 heavy (non-hydrogen) atoms. The molecular weight excluding hydrogens is 309 g/mol. The van der Waals surface area contributed by atoms with E-state index in [4.69, 9.17) is 0 Å². The van der Waals surface area contributed by atoms with Gasteiger partial charge < -0.3 is 0 Å². The summed E-state index contributed by atoms with van der Waals surface area (Å²) in [4.78, 5) is 8.83. The van der Waals surface area contributed by atoms with Gasteiger partial charge in [0, 0.05) is 11.9 Å². The minimum absolute atomic E-state index is 0.258. The van der Waals surface area contributed by atoms with Crippen molar-refractivity contribution in [3.05, 3.63) is 77.7 Å². The Hall–Kier alpha value is -2.71. The summed E-state index contributed by atoms with van der Waals surface area (Å²) in [6, 6.07) is 17.6. The smallest absolute Gasteiger partial charge is 0.123 e. The predicted molar refractivity (Wildman–Crippen MR) is 88.1 cm³/mol. The maximum absolute atomic E-state index is 12.9. The fourth-order valence-corrected chi connectivity index (χ4v) is 2.95. The molecule has 2 heterocycles. The lowest BCUT2D eigenvalue weighted by Crippen LogP contribution is -1.93. The van der Waals surface area contributed by atoms with Gasteiger partial charge in [-0.25, -0.2) is 9.37 Å². The van der Waals surface area contributed by atoms with Crippen LogP contribution in [-0.2, 0) is 5.75 Å². The molecule has 0 aliphatic heterocycles. The van der Waals surface area contributed by atoms with Gasteiger partial charge in [-0.2, -0.15) is 5.26 Å². The van der Waals surface area contributed by atoms with Gasteiger partial charge in [-0.1, -0.05) is 18.2 Å². The van der Waals surface area contributed by atoms with Crippen molar-refractivity contribution < 1.29 is 4.39 Å². The Morgan fingerprint density at radius 2 is 1.83 bits per heavy atom. The third-order valence-electron chi connectivity index (χ3n) is 3.20. The zero-order chi connectivity index (χ0) is 16.1. The van der Waals surface area contributed by atoms with Crippen molar-refractivity contribution in [1.29, 1.82) is 5.26 Å². The van der Waals surface area contributed by atoms with Crippen LogP contribution in [0.4, 0.5) is 4.39 Å². The summed E-state index contributed by atoms with van der Waals surface area (Å²) in [5.74, 6) is 0.361. The zero-order valence-electron chi connectivity index (χ0n) is 12.1. The molecule has 0 atom stereocenters. The maximum atomic E-state index is 12.9. The monoisotopic (exact) mass is 321 g/mol. The molecule has 3 nitrogen and oxygen atoms in total. The van der Waals surface area contributed by atoms with E-state index in [2.05, 4.69) is 16.0 Å². The van der Waals surface area contributed by atoms with Gasteiger partial charge >= 0.3 is 0 Å². The van der Waals surface area contributed by atoms with Crippen LogP contribution >= 0.6 is 11.8 Å². The summed E-state index contributed by atoms with van der Waals surface area (Å²) >= 11 is 1.46. The molecule has 0 spiro atoms. The number of hydrogen-bond acceptors (Lipinski definition) is 4. The molecule has 0 saturated carbocycles.